The van der Waals surface area contributed by atoms with Crippen LogP contribution in [0.2, 0.25) is 0 Å². The van der Waals surface area contributed by atoms with Crippen molar-refractivity contribution in [3.05, 3.63) is 24.2 Å². The average Bonchev–Trinajstić information content (AvgIpc) is 3.04. The maximum atomic E-state index is 11.9. The van der Waals surface area contributed by atoms with Gasteiger partial charge >= 0.3 is 0 Å². The van der Waals surface area contributed by atoms with E-state index >= 15 is 0 Å². The minimum atomic E-state index is -3.19. The van der Waals surface area contributed by atoms with Gasteiger partial charge in [-0.25, -0.2) is 13.1 Å². The van der Waals surface area contributed by atoms with Gasteiger partial charge in [0.2, 0.25) is 10.0 Å². The van der Waals surface area contributed by atoms with Crippen LogP contribution in [0.1, 0.15) is 38.4 Å². The Balaban J connectivity index is 1.61. The first-order chi connectivity index (χ1) is 9.55. The summed E-state index contributed by atoms with van der Waals surface area (Å²) in [7, 11) is -3.19. The molecule has 2 rings (SSSR count). The fourth-order valence-corrected chi connectivity index (χ4v) is 3.55. The average molecular weight is 300 g/mol. The highest BCUT2D eigenvalue weighted by Gasteiger charge is 2.20. The Morgan fingerprint density at radius 2 is 2.20 bits per heavy atom. The van der Waals surface area contributed by atoms with Crippen LogP contribution in [0.5, 0.6) is 0 Å². The molecule has 20 heavy (non-hydrogen) atoms. The van der Waals surface area contributed by atoms with Crippen molar-refractivity contribution in [2.75, 3.05) is 12.3 Å². The number of furan rings is 1. The Hall–Kier alpha value is -0.850. The molecule has 1 aliphatic carbocycles. The number of hydrogen-bond donors (Lipinski definition) is 2. The lowest BCUT2D eigenvalue weighted by molar-refractivity contribution is 0.478. The van der Waals surface area contributed by atoms with Crippen LogP contribution < -0.4 is 10.0 Å². The van der Waals surface area contributed by atoms with Crippen molar-refractivity contribution >= 4 is 10.0 Å². The Bertz CT molecular complexity index is 481. The second-order valence-corrected chi connectivity index (χ2v) is 7.43. The van der Waals surface area contributed by atoms with Crippen molar-refractivity contribution in [2.24, 2.45) is 0 Å². The van der Waals surface area contributed by atoms with Crippen LogP contribution in [0.25, 0.3) is 0 Å². The van der Waals surface area contributed by atoms with E-state index < -0.39 is 10.0 Å². The van der Waals surface area contributed by atoms with Gasteiger partial charge in [-0.2, -0.15) is 0 Å². The molecule has 0 saturated heterocycles. The van der Waals surface area contributed by atoms with E-state index in [2.05, 4.69) is 10.0 Å². The minimum absolute atomic E-state index is 0.143. The molecule has 1 unspecified atom stereocenters. The van der Waals surface area contributed by atoms with E-state index in [4.69, 9.17) is 4.42 Å². The molecule has 5 nitrogen and oxygen atoms in total. The van der Waals surface area contributed by atoms with Crippen molar-refractivity contribution in [3.8, 4) is 0 Å². The summed E-state index contributed by atoms with van der Waals surface area (Å²) in [4.78, 5) is 0. The van der Waals surface area contributed by atoms with Crippen molar-refractivity contribution in [2.45, 2.75) is 51.1 Å². The number of unbranched alkanes of at least 4 members (excludes halogenated alkanes) is 1. The molecule has 114 valence electrons. The predicted octanol–water partition coefficient (Wildman–Crippen LogP) is 1.66. The van der Waals surface area contributed by atoms with Gasteiger partial charge in [0.15, 0.2) is 0 Å². The standard InChI is InChI=1S/C14H24N2O3S/c1-12(11-14-5-4-9-19-14)16-20(17,18)10-3-2-8-15-13-6-7-13/h4-5,9,12-13,15-16H,2-3,6-8,10-11H2,1H3. The third-order valence-electron chi connectivity index (χ3n) is 3.32. The van der Waals surface area contributed by atoms with Gasteiger partial charge in [-0.3, -0.25) is 0 Å². The third-order valence-corrected chi connectivity index (χ3v) is 4.91. The van der Waals surface area contributed by atoms with Gasteiger partial charge in [0, 0.05) is 18.5 Å². The molecule has 1 heterocycles. The number of sulfonamides is 1. The van der Waals surface area contributed by atoms with Gasteiger partial charge in [0.1, 0.15) is 5.76 Å². The van der Waals surface area contributed by atoms with E-state index in [1.807, 2.05) is 19.1 Å². The van der Waals surface area contributed by atoms with Gasteiger partial charge in [0.25, 0.3) is 0 Å². The van der Waals surface area contributed by atoms with Crippen molar-refractivity contribution in [3.63, 3.8) is 0 Å². The van der Waals surface area contributed by atoms with Crippen LogP contribution in [-0.2, 0) is 16.4 Å². The Kier molecular flexibility index (Phi) is 5.63. The van der Waals surface area contributed by atoms with Crippen molar-refractivity contribution in [1.29, 1.82) is 0 Å². The lowest BCUT2D eigenvalue weighted by Crippen LogP contribution is -2.35. The normalized spacial score (nSPS) is 17.2. The van der Waals surface area contributed by atoms with Gasteiger partial charge in [-0.05, 0) is 51.3 Å². The van der Waals surface area contributed by atoms with Crippen molar-refractivity contribution < 1.29 is 12.8 Å². The Morgan fingerprint density at radius 1 is 1.40 bits per heavy atom. The first-order valence-electron chi connectivity index (χ1n) is 7.31. The first-order valence-corrected chi connectivity index (χ1v) is 8.96. The fraction of sp³-hybridized carbons (Fsp3) is 0.714. The lowest BCUT2D eigenvalue weighted by Gasteiger charge is -2.13. The molecule has 0 bridgehead atoms. The summed E-state index contributed by atoms with van der Waals surface area (Å²) in [6.07, 6.45) is 6.32. The summed E-state index contributed by atoms with van der Waals surface area (Å²) in [6.45, 7) is 2.77. The molecule has 0 aromatic carbocycles. The van der Waals surface area contributed by atoms with Crippen LogP contribution in [0.4, 0.5) is 0 Å². The lowest BCUT2D eigenvalue weighted by atomic mass is 10.2. The van der Waals surface area contributed by atoms with Crippen molar-refractivity contribution in [1.82, 2.24) is 10.0 Å². The second kappa shape index (κ2) is 7.24. The topological polar surface area (TPSA) is 71.3 Å². The molecule has 0 spiro atoms. The number of hydrogen-bond acceptors (Lipinski definition) is 4. The number of rotatable bonds is 10. The minimum Gasteiger partial charge on any atom is -0.469 e. The molecule has 1 aromatic heterocycles. The van der Waals surface area contributed by atoms with E-state index in [1.165, 1.54) is 12.8 Å². The van der Waals surface area contributed by atoms with Crippen LogP contribution in [-0.4, -0.2) is 32.8 Å². The van der Waals surface area contributed by atoms with Crippen LogP contribution >= 0.6 is 0 Å². The van der Waals surface area contributed by atoms with Gasteiger partial charge < -0.3 is 9.73 Å². The van der Waals surface area contributed by atoms with E-state index in [-0.39, 0.29) is 11.8 Å². The molecular weight excluding hydrogens is 276 g/mol. The highest BCUT2D eigenvalue weighted by molar-refractivity contribution is 7.89. The molecule has 1 aromatic rings. The molecular formula is C14H24N2O3S. The molecule has 0 aliphatic heterocycles. The van der Waals surface area contributed by atoms with E-state index in [0.29, 0.717) is 18.9 Å². The third kappa shape index (κ3) is 6.07. The molecule has 0 amide bonds. The summed E-state index contributed by atoms with van der Waals surface area (Å²) >= 11 is 0. The van der Waals surface area contributed by atoms with Crippen LogP contribution in [0.15, 0.2) is 22.8 Å². The zero-order valence-corrected chi connectivity index (χ0v) is 12.8. The predicted molar refractivity (Wildman–Crippen MR) is 79.1 cm³/mol. The summed E-state index contributed by atoms with van der Waals surface area (Å²) in [5, 5.41) is 3.39. The molecule has 6 heteroatoms. The van der Waals surface area contributed by atoms with E-state index in [9.17, 15) is 8.42 Å². The Morgan fingerprint density at radius 3 is 2.85 bits per heavy atom. The molecule has 1 fully saturated rings. The quantitative estimate of drug-likeness (QED) is 0.645. The smallest absolute Gasteiger partial charge is 0.211 e. The summed E-state index contributed by atoms with van der Waals surface area (Å²) < 4.78 is 31.7. The molecule has 1 aliphatic rings. The molecule has 1 saturated carbocycles. The van der Waals surface area contributed by atoms with Gasteiger partial charge in [0.05, 0.1) is 12.0 Å². The molecule has 1 atom stereocenters. The van der Waals surface area contributed by atoms with Crippen LogP contribution in [0.3, 0.4) is 0 Å². The fourth-order valence-electron chi connectivity index (χ4n) is 2.15. The van der Waals surface area contributed by atoms with Gasteiger partial charge in [-0.15, -0.1) is 0 Å². The van der Waals surface area contributed by atoms with Gasteiger partial charge in [-0.1, -0.05) is 0 Å². The zero-order valence-electron chi connectivity index (χ0n) is 12.0. The monoisotopic (exact) mass is 300 g/mol. The maximum Gasteiger partial charge on any atom is 0.211 e. The number of nitrogens with one attached hydrogen (secondary N) is 2. The summed E-state index contributed by atoms with van der Waals surface area (Å²) in [5.74, 6) is 0.996. The molecule has 2 N–H and O–H groups in total. The highest BCUT2D eigenvalue weighted by atomic mass is 32.2. The van der Waals surface area contributed by atoms with Crippen LogP contribution in [0, 0.1) is 0 Å². The summed E-state index contributed by atoms with van der Waals surface area (Å²) in [6, 6.07) is 4.21. The SMILES string of the molecule is CC(Cc1ccco1)NS(=O)(=O)CCCCNC1CC1. The first kappa shape index (κ1) is 15.5. The molecule has 0 radical (unpaired) electrons. The zero-order chi connectivity index (χ0) is 14.4. The highest BCUT2D eigenvalue weighted by Crippen LogP contribution is 2.18. The maximum absolute atomic E-state index is 11.9. The summed E-state index contributed by atoms with van der Waals surface area (Å²) in [5.41, 5.74) is 0. The second-order valence-electron chi connectivity index (χ2n) is 5.56. The van der Waals surface area contributed by atoms with E-state index in [0.717, 1.165) is 18.7 Å². The Labute approximate surface area is 121 Å². The van der Waals surface area contributed by atoms with E-state index in [1.54, 1.807) is 6.26 Å². The largest absolute Gasteiger partial charge is 0.469 e.